The first kappa shape index (κ1) is 15.7. The standard InChI is InChI=1S/C15H20N2O3S/c1-12-7-9-17(10-8-12)21(19,20)14-6-4-5-13(11-14)15(18)16(2)3/h4-6,11H,1,7-10H2,2-3H3. The molecule has 1 heterocycles. The van der Waals surface area contributed by atoms with Gasteiger partial charge in [-0.05, 0) is 31.0 Å². The van der Waals surface area contributed by atoms with E-state index >= 15 is 0 Å². The van der Waals surface area contributed by atoms with Gasteiger partial charge in [0.1, 0.15) is 0 Å². The zero-order chi connectivity index (χ0) is 15.6. The number of hydrogen-bond acceptors (Lipinski definition) is 3. The molecule has 2 rings (SSSR count). The van der Waals surface area contributed by atoms with Crippen LogP contribution in [0.2, 0.25) is 0 Å². The monoisotopic (exact) mass is 308 g/mol. The summed E-state index contributed by atoms with van der Waals surface area (Å²) in [6.45, 7) is 4.79. The first-order valence-electron chi connectivity index (χ1n) is 6.81. The summed E-state index contributed by atoms with van der Waals surface area (Å²) in [6, 6.07) is 6.21. The van der Waals surface area contributed by atoms with E-state index in [9.17, 15) is 13.2 Å². The van der Waals surface area contributed by atoms with Gasteiger partial charge in [0.2, 0.25) is 10.0 Å². The highest BCUT2D eigenvalue weighted by molar-refractivity contribution is 7.89. The molecule has 0 atom stereocenters. The van der Waals surface area contributed by atoms with Gasteiger partial charge in [-0.1, -0.05) is 18.2 Å². The lowest BCUT2D eigenvalue weighted by Gasteiger charge is -2.27. The molecule has 1 aromatic rings. The predicted molar refractivity (Wildman–Crippen MR) is 81.6 cm³/mol. The molecule has 5 nitrogen and oxygen atoms in total. The molecule has 0 unspecified atom stereocenters. The molecule has 6 heteroatoms. The Morgan fingerprint density at radius 3 is 2.43 bits per heavy atom. The van der Waals surface area contributed by atoms with Gasteiger partial charge in [0.05, 0.1) is 4.90 Å². The average molecular weight is 308 g/mol. The summed E-state index contributed by atoms with van der Waals surface area (Å²) in [5, 5.41) is 0. The van der Waals surface area contributed by atoms with Crippen molar-refractivity contribution in [3.63, 3.8) is 0 Å². The number of amides is 1. The maximum Gasteiger partial charge on any atom is 0.253 e. The van der Waals surface area contributed by atoms with E-state index in [1.165, 1.54) is 21.3 Å². The Labute approximate surface area is 125 Å². The lowest BCUT2D eigenvalue weighted by atomic mass is 10.1. The Kier molecular flexibility index (Phi) is 4.49. The van der Waals surface area contributed by atoms with Crippen molar-refractivity contribution in [2.75, 3.05) is 27.2 Å². The van der Waals surface area contributed by atoms with E-state index < -0.39 is 10.0 Å². The number of carbonyl (C=O) groups is 1. The van der Waals surface area contributed by atoms with Gasteiger partial charge in [0.25, 0.3) is 5.91 Å². The fourth-order valence-electron chi connectivity index (χ4n) is 2.24. The van der Waals surface area contributed by atoms with E-state index in [0.717, 1.165) is 5.57 Å². The van der Waals surface area contributed by atoms with Crippen molar-refractivity contribution < 1.29 is 13.2 Å². The Balaban J connectivity index is 2.30. The number of hydrogen-bond donors (Lipinski definition) is 0. The third kappa shape index (κ3) is 3.33. The maximum absolute atomic E-state index is 12.6. The number of rotatable bonds is 3. The molecule has 114 valence electrons. The summed E-state index contributed by atoms with van der Waals surface area (Å²) in [5.41, 5.74) is 1.46. The number of sulfonamides is 1. The van der Waals surface area contributed by atoms with E-state index in [1.54, 1.807) is 26.2 Å². The second-order valence-corrected chi connectivity index (χ2v) is 7.32. The number of piperidine rings is 1. The predicted octanol–water partition coefficient (Wildman–Crippen LogP) is 1.73. The summed E-state index contributed by atoms with van der Waals surface area (Å²) in [6.07, 6.45) is 1.38. The summed E-state index contributed by atoms with van der Waals surface area (Å²) in [4.78, 5) is 13.5. The van der Waals surface area contributed by atoms with E-state index in [-0.39, 0.29) is 10.8 Å². The molecule has 1 saturated heterocycles. The van der Waals surface area contributed by atoms with Crippen LogP contribution in [0.25, 0.3) is 0 Å². The first-order chi connectivity index (χ1) is 9.82. The highest BCUT2D eigenvalue weighted by Gasteiger charge is 2.27. The summed E-state index contributed by atoms with van der Waals surface area (Å²) in [7, 11) is -0.268. The molecule has 1 aromatic carbocycles. The highest BCUT2D eigenvalue weighted by atomic mass is 32.2. The van der Waals surface area contributed by atoms with Crippen LogP contribution in [0.3, 0.4) is 0 Å². The molecule has 0 aromatic heterocycles. The first-order valence-corrected chi connectivity index (χ1v) is 8.25. The van der Waals surface area contributed by atoms with Crippen LogP contribution < -0.4 is 0 Å². The normalized spacial score (nSPS) is 16.8. The minimum atomic E-state index is -3.55. The van der Waals surface area contributed by atoms with Gasteiger partial charge in [0, 0.05) is 32.7 Å². The lowest BCUT2D eigenvalue weighted by molar-refractivity contribution is 0.0827. The van der Waals surface area contributed by atoms with Crippen LogP contribution in [0.15, 0.2) is 41.3 Å². The van der Waals surface area contributed by atoms with E-state index in [1.807, 2.05) is 0 Å². The molecule has 0 saturated carbocycles. The van der Waals surface area contributed by atoms with Crippen molar-refractivity contribution in [3.05, 3.63) is 42.0 Å². The molecule has 0 bridgehead atoms. The SMILES string of the molecule is C=C1CCN(S(=O)(=O)c2cccc(C(=O)N(C)C)c2)CC1. The highest BCUT2D eigenvalue weighted by Crippen LogP contribution is 2.23. The van der Waals surface area contributed by atoms with Crippen molar-refractivity contribution in [2.45, 2.75) is 17.7 Å². The van der Waals surface area contributed by atoms with Crippen LogP contribution in [0.4, 0.5) is 0 Å². The topological polar surface area (TPSA) is 57.7 Å². The smallest absolute Gasteiger partial charge is 0.253 e. The zero-order valence-corrected chi connectivity index (χ0v) is 13.2. The van der Waals surface area contributed by atoms with Gasteiger partial charge < -0.3 is 4.90 Å². The summed E-state index contributed by atoms with van der Waals surface area (Å²) < 4.78 is 26.7. The Morgan fingerprint density at radius 2 is 1.86 bits per heavy atom. The molecule has 1 amide bonds. The van der Waals surface area contributed by atoms with Crippen molar-refractivity contribution >= 4 is 15.9 Å². The van der Waals surface area contributed by atoms with Crippen molar-refractivity contribution in [2.24, 2.45) is 0 Å². The minimum absolute atomic E-state index is 0.169. The molecule has 0 aliphatic carbocycles. The van der Waals surface area contributed by atoms with Gasteiger partial charge in [-0.25, -0.2) is 8.42 Å². The van der Waals surface area contributed by atoms with E-state index in [4.69, 9.17) is 0 Å². The quantitative estimate of drug-likeness (QED) is 0.799. The third-order valence-electron chi connectivity index (χ3n) is 3.55. The summed E-state index contributed by atoms with van der Waals surface area (Å²) >= 11 is 0. The maximum atomic E-state index is 12.6. The molecule has 0 N–H and O–H groups in total. The van der Waals surface area contributed by atoms with Crippen LogP contribution in [0.1, 0.15) is 23.2 Å². The Bertz CT molecular complexity index is 655. The van der Waals surface area contributed by atoms with Gasteiger partial charge in [-0.3, -0.25) is 4.79 Å². The van der Waals surface area contributed by atoms with Crippen LogP contribution >= 0.6 is 0 Å². The number of nitrogens with zero attached hydrogens (tertiary/aromatic N) is 2. The van der Waals surface area contributed by atoms with E-state index in [0.29, 0.717) is 31.5 Å². The van der Waals surface area contributed by atoms with Crippen molar-refractivity contribution in [1.82, 2.24) is 9.21 Å². The Hall–Kier alpha value is -1.66. The van der Waals surface area contributed by atoms with Crippen LogP contribution in [0, 0.1) is 0 Å². The largest absolute Gasteiger partial charge is 0.345 e. The molecule has 1 aliphatic heterocycles. The second kappa shape index (κ2) is 5.99. The molecular formula is C15H20N2O3S. The Morgan fingerprint density at radius 1 is 1.24 bits per heavy atom. The van der Waals surface area contributed by atoms with Gasteiger partial charge in [0.15, 0.2) is 0 Å². The minimum Gasteiger partial charge on any atom is -0.345 e. The fraction of sp³-hybridized carbons (Fsp3) is 0.400. The van der Waals surface area contributed by atoms with E-state index in [2.05, 4.69) is 6.58 Å². The molecule has 1 fully saturated rings. The van der Waals surface area contributed by atoms with Crippen molar-refractivity contribution in [3.8, 4) is 0 Å². The van der Waals surface area contributed by atoms with Gasteiger partial charge in [-0.2, -0.15) is 4.31 Å². The van der Waals surface area contributed by atoms with Crippen LogP contribution in [-0.2, 0) is 10.0 Å². The van der Waals surface area contributed by atoms with Crippen LogP contribution in [-0.4, -0.2) is 50.7 Å². The van der Waals surface area contributed by atoms with Gasteiger partial charge >= 0.3 is 0 Å². The van der Waals surface area contributed by atoms with Crippen molar-refractivity contribution in [1.29, 1.82) is 0 Å². The summed E-state index contributed by atoms with van der Waals surface area (Å²) in [5.74, 6) is -0.209. The molecule has 0 radical (unpaired) electrons. The third-order valence-corrected chi connectivity index (χ3v) is 5.45. The fourth-order valence-corrected chi connectivity index (χ4v) is 3.73. The van der Waals surface area contributed by atoms with Gasteiger partial charge in [-0.15, -0.1) is 0 Å². The van der Waals surface area contributed by atoms with Crippen LogP contribution in [0.5, 0.6) is 0 Å². The number of benzene rings is 1. The lowest BCUT2D eigenvalue weighted by Crippen LogP contribution is -2.36. The molecule has 1 aliphatic rings. The molecule has 21 heavy (non-hydrogen) atoms. The zero-order valence-electron chi connectivity index (χ0n) is 12.4. The number of carbonyl (C=O) groups excluding carboxylic acids is 1. The second-order valence-electron chi connectivity index (χ2n) is 5.38. The molecule has 0 spiro atoms. The average Bonchev–Trinajstić information content (AvgIpc) is 2.47. The molecular weight excluding hydrogens is 288 g/mol.